The van der Waals surface area contributed by atoms with Crippen LogP contribution in [-0.2, 0) is 0 Å². The number of halogens is 2. The molecule has 0 bridgehead atoms. The molecule has 0 aromatic heterocycles. The van der Waals surface area contributed by atoms with E-state index in [1.807, 2.05) is 0 Å². The van der Waals surface area contributed by atoms with Crippen molar-refractivity contribution in [3.05, 3.63) is 57.6 Å². The van der Waals surface area contributed by atoms with Crippen LogP contribution in [0.25, 0.3) is 0 Å². The molecular weight excluding hydrogens is 338 g/mol. The van der Waals surface area contributed by atoms with Gasteiger partial charge in [0.15, 0.2) is 11.5 Å². The van der Waals surface area contributed by atoms with Gasteiger partial charge in [0.1, 0.15) is 0 Å². The summed E-state index contributed by atoms with van der Waals surface area (Å²) in [6, 6.07) is 8.07. The van der Waals surface area contributed by atoms with E-state index in [2.05, 4.69) is 10.1 Å². The number of rotatable bonds is 6. The van der Waals surface area contributed by atoms with E-state index in [4.69, 9.17) is 4.74 Å². The SMILES string of the molecule is COc1ccc(NC(=O)c2cccc([N+](=O)[O-])c2C)cc1OC(F)F. The first-order valence-electron chi connectivity index (χ1n) is 7.01. The van der Waals surface area contributed by atoms with Crippen molar-refractivity contribution >= 4 is 17.3 Å². The maximum atomic E-state index is 12.4. The predicted molar refractivity (Wildman–Crippen MR) is 85.4 cm³/mol. The Balaban J connectivity index is 2.29. The van der Waals surface area contributed by atoms with Crippen molar-refractivity contribution in [2.45, 2.75) is 13.5 Å². The third-order valence-electron chi connectivity index (χ3n) is 3.38. The molecular formula is C16H14F2N2O5. The Labute approximate surface area is 141 Å². The van der Waals surface area contributed by atoms with Gasteiger partial charge in [0.25, 0.3) is 11.6 Å². The lowest BCUT2D eigenvalue weighted by Gasteiger charge is -2.13. The number of nitrogens with zero attached hydrogens (tertiary/aromatic N) is 1. The zero-order chi connectivity index (χ0) is 18.6. The molecule has 132 valence electrons. The first-order chi connectivity index (χ1) is 11.8. The van der Waals surface area contributed by atoms with E-state index in [0.717, 1.165) is 0 Å². The summed E-state index contributed by atoms with van der Waals surface area (Å²) in [5, 5.41) is 13.4. The number of hydrogen-bond donors (Lipinski definition) is 1. The highest BCUT2D eigenvalue weighted by Crippen LogP contribution is 2.32. The molecule has 2 aromatic rings. The molecule has 0 aliphatic carbocycles. The van der Waals surface area contributed by atoms with E-state index in [1.54, 1.807) is 0 Å². The van der Waals surface area contributed by atoms with Crippen LogP contribution in [0, 0.1) is 17.0 Å². The Kier molecular flexibility index (Phi) is 5.48. The molecule has 0 aliphatic heterocycles. The molecule has 0 spiro atoms. The van der Waals surface area contributed by atoms with Crippen LogP contribution in [0.3, 0.4) is 0 Å². The van der Waals surface area contributed by atoms with E-state index in [9.17, 15) is 23.7 Å². The minimum absolute atomic E-state index is 0.0739. The fourth-order valence-electron chi connectivity index (χ4n) is 2.21. The lowest BCUT2D eigenvalue weighted by atomic mass is 10.1. The molecule has 25 heavy (non-hydrogen) atoms. The molecule has 2 aromatic carbocycles. The second kappa shape index (κ2) is 7.56. The summed E-state index contributed by atoms with van der Waals surface area (Å²) in [6.07, 6.45) is 0. The van der Waals surface area contributed by atoms with Crippen LogP contribution in [0.15, 0.2) is 36.4 Å². The standard InChI is InChI=1S/C16H14F2N2O5/c1-9-11(4-3-5-12(9)20(22)23)15(21)19-10-6-7-13(24-2)14(8-10)25-16(17)18/h3-8,16H,1-2H3,(H,19,21). The number of amides is 1. The van der Waals surface area contributed by atoms with Gasteiger partial charge < -0.3 is 14.8 Å². The lowest BCUT2D eigenvalue weighted by molar-refractivity contribution is -0.385. The summed E-state index contributed by atoms with van der Waals surface area (Å²) in [4.78, 5) is 22.7. The highest BCUT2D eigenvalue weighted by molar-refractivity contribution is 6.06. The van der Waals surface area contributed by atoms with Crippen molar-refractivity contribution in [2.75, 3.05) is 12.4 Å². The first kappa shape index (κ1) is 18.1. The van der Waals surface area contributed by atoms with E-state index in [-0.39, 0.29) is 34.0 Å². The van der Waals surface area contributed by atoms with Crippen LogP contribution in [0.1, 0.15) is 15.9 Å². The fourth-order valence-corrected chi connectivity index (χ4v) is 2.21. The number of carbonyl (C=O) groups is 1. The predicted octanol–water partition coefficient (Wildman–Crippen LogP) is 3.77. The third-order valence-corrected chi connectivity index (χ3v) is 3.38. The Morgan fingerprint density at radius 1 is 1.24 bits per heavy atom. The van der Waals surface area contributed by atoms with Gasteiger partial charge in [-0.1, -0.05) is 6.07 Å². The summed E-state index contributed by atoms with van der Waals surface area (Å²) in [5.74, 6) is -0.787. The zero-order valence-electron chi connectivity index (χ0n) is 13.3. The van der Waals surface area contributed by atoms with Crippen LogP contribution in [0.4, 0.5) is 20.2 Å². The maximum absolute atomic E-state index is 12.4. The van der Waals surface area contributed by atoms with Crippen LogP contribution in [-0.4, -0.2) is 24.6 Å². The molecule has 0 radical (unpaired) electrons. The van der Waals surface area contributed by atoms with Crippen LogP contribution in [0.5, 0.6) is 11.5 Å². The molecule has 0 aliphatic rings. The third kappa shape index (κ3) is 4.19. The van der Waals surface area contributed by atoms with Crippen molar-refractivity contribution in [3.63, 3.8) is 0 Å². The summed E-state index contributed by atoms with van der Waals surface area (Å²) in [6.45, 7) is -1.61. The van der Waals surface area contributed by atoms with Gasteiger partial charge in [0, 0.05) is 28.9 Å². The molecule has 0 fully saturated rings. The fraction of sp³-hybridized carbons (Fsp3) is 0.188. The van der Waals surface area contributed by atoms with Crippen LogP contribution < -0.4 is 14.8 Å². The number of anilines is 1. The largest absolute Gasteiger partial charge is 0.493 e. The summed E-state index contributed by atoms with van der Waals surface area (Å²) in [7, 11) is 1.29. The van der Waals surface area contributed by atoms with Gasteiger partial charge in [0.2, 0.25) is 0 Å². The number of nitro benzene ring substituents is 1. The number of ether oxygens (including phenoxy) is 2. The number of benzene rings is 2. The lowest BCUT2D eigenvalue weighted by Crippen LogP contribution is -2.14. The minimum atomic E-state index is -3.06. The van der Waals surface area contributed by atoms with Gasteiger partial charge in [0.05, 0.1) is 12.0 Å². The molecule has 0 atom stereocenters. The number of nitrogens with one attached hydrogen (secondary N) is 1. The second-order valence-electron chi connectivity index (χ2n) is 4.91. The average molecular weight is 352 g/mol. The molecule has 1 N–H and O–H groups in total. The van der Waals surface area contributed by atoms with E-state index < -0.39 is 17.4 Å². The van der Waals surface area contributed by atoms with Gasteiger partial charge in [-0.05, 0) is 25.1 Å². The minimum Gasteiger partial charge on any atom is -0.493 e. The van der Waals surface area contributed by atoms with Gasteiger partial charge in [-0.3, -0.25) is 14.9 Å². The van der Waals surface area contributed by atoms with Crippen molar-refractivity contribution < 1.29 is 28.0 Å². The highest BCUT2D eigenvalue weighted by atomic mass is 19.3. The molecule has 0 saturated carbocycles. The van der Waals surface area contributed by atoms with Crippen LogP contribution >= 0.6 is 0 Å². The van der Waals surface area contributed by atoms with Gasteiger partial charge >= 0.3 is 6.61 Å². The zero-order valence-corrected chi connectivity index (χ0v) is 13.3. The normalized spacial score (nSPS) is 10.4. The molecule has 0 unspecified atom stereocenters. The number of methoxy groups -OCH3 is 1. The first-order valence-corrected chi connectivity index (χ1v) is 7.01. The van der Waals surface area contributed by atoms with E-state index in [0.29, 0.717) is 0 Å². The Morgan fingerprint density at radius 2 is 1.96 bits per heavy atom. The monoisotopic (exact) mass is 352 g/mol. The average Bonchev–Trinajstić information content (AvgIpc) is 2.54. The van der Waals surface area contributed by atoms with Gasteiger partial charge in [-0.25, -0.2) is 0 Å². The van der Waals surface area contributed by atoms with Crippen LogP contribution in [0.2, 0.25) is 0 Å². The molecule has 1 amide bonds. The van der Waals surface area contributed by atoms with E-state index >= 15 is 0 Å². The summed E-state index contributed by atoms with van der Waals surface area (Å²) in [5.41, 5.74) is 0.278. The Bertz CT molecular complexity index is 811. The van der Waals surface area contributed by atoms with Gasteiger partial charge in [-0.15, -0.1) is 0 Å². The molecule has 2 rings (SSSR count). The Morgan fingerprint density at radius 3 is 2.56 bits per heavy atom. The van der Waals surface area contributed by atoms with Crippen molar-refractivity contribution in [1.82, 2.24) is 0 Å². The number of alkyl halides is 2. The topological polar surface area (TPSA) is 90.7 Å². The highest BCUT2D eigenvalue weighted by Gasteiger charge is 2.19. The smallest absolute Gasteiger partial charge is 0.387 e. The number of nitro groups is 1. The molecule has 0 heterocycles. The van der Waals surface area contributed by atoms with Crippen molar-refractivity contribution in [3.8, 4) is 11.5 Å². The maximum Gasteiger partial charge on any atom is 0.387 e. The van der Waals surface area contributed by atoms with Crippen molar-refractivity contribution in [1.29, 1.82) is 0 Å². The summed E-state index contributed by atoms with van der Waals surface area (Å²) >= 11 is 0. The summed E-state index contributed by atoms with van der Waals surface area (Å²) < 4.78 is 34.1. The number of carbonyl (C=O) groups excluding carboxylic acids is 1. The number of hydrogen-bond acceptors (Lipinski definition) is 5. The molecule has 0 saturated heterocycles. The quantitative estimate of drug-likeness (QED) is 0.631. The van der Waals surface area contributed by atoms with Crippen molar-refractivity contribution in [2.24, 2.45) is 0 Å². The second-order valence-corrected chi connectivity index (χ2v) is 4.91. The van der Waals surface area contributed by atoms with E-state index in [1.165, 1.54) is 50.4 Å². The molecule has 7 nitrogen and oxygen atoms in total. The molecule has 9 heteroatoms. The Hall–Kier alpha value is -3.23. The van der Waals surface area contributed by atoms with Gasteiger partial charge in [-0.2, -0.15) is 8.78 Å².